The topological polar surface area (TPSA) is 20.2 Å². The number of benzene rings is 1. The molecule has 0 bridgehead atoms. The molecule has 2 atom stereocenters. The SMILES string of the molecule is CCCC(C)CC(O)c1ccc(C)cc1C. The van der Waals surface area contributed by atoms with Gasteiger partial charge in [0.05, 0.1) is 6.10 Å². The van der Waals surface area contributed by atoms with Crippen LogP contribution in [0, 0.1) is 19.8 Å². The highest BCUT2D eigenvalue weighted by atomic mass is 16.3. The van der Waals surface area contributed by atoms with Gasteiger partial charge in [-0.05, 0) is 37.3 Å². The molecule has 1 aromatic rings. The maximum Gasteiger partial charge on any atom is 0.0795 e. The van der Waals surface area contributed by atoms with Gasteiger partial charge in [0.2, 0.25) is 0 Å². The van der Waals surface area contributed by atoms with E-state index < -0.39 is 0 Å². The van der Waals surface area contributed by atoms with Gasteiger partial charge in [-0.2, -0.15) is 0 Å². The summed E-state index contributed by atoms with van der Waals surface area (Å²) in [7, 11) is 0. The Hall–Kier alpha value is -0.820. The van der Waals surface area contributed by atoms with E-state index in [4.69, 9.17) is 0 Å². The van der Waals surface area contributed by atoms with Crippen molar-refractivity contribution in [3.8, 4) is 0 Å². The van der Waals surface area contributed by atoms with Crippen molar-refractivity contribution in [1.82, 2.24) is 0 Å². The number of aryl methyl sites for hydroxylation is 2. The molecule has 1 aromatic carbocycles. The third-order valence-electron chi connectivity index (χ3n) is 3.19. The van der Waals surface area contributed by atoms with Crippen LogP contribution in [0.2, 0.25) is 0 Å². The molecule has 1 N–H and O–H groups in total. The van der Waals surface area contributed by atoms with Crippen LogP contribution in [0.15, 0.2) is 18.2 Å². The highest BCUT2D eigenvalue weighted by Crippen LogP contribution is 2.26. The molecule has 1 heteroatoms. The first-order chi connectivity index (χ1) is 7.54. The first-order valence-electron chi connectivity index (χ1n) is 6.29. The van der Waals surface area contributed by atoms with Gasteiger partial charge in [0.25, 0.3) is 0 Å². The van der Waals surface area contributed by atoms with E-state index in [0.29, 0.717) is 5.92 Å². The Bertz CT molecular complexity index is 330. The second kappa shape index (κ2) is 6.05. The average molecular weight is 220 g/mol. The Morgan fingerprint density at radius 3 is 2.50 bits per heavy atom. The molecule has 0 aliphatic heterocycles. The molecule has 1 nitrogen and oxygen atoms in total. The van der Waals surface area contributed by atoms with Crippen molar-refractivity contribution in [2.45, 2.75) is 53.1 Å². The molecule has 16 heavy (non-hydrogen) atoms. The molecule has 0 aliphatic rings. The smallest absolute Gasteiger partial charge is 0.0795 e. The maximum atomic E-state index is 10.2. The van der Waals surface area contributed by atoms with E-state index >= 15 is 0 Å². The van der Waals surface area contributed by atoms with Gasteiger partial charge in [0, 0.05) is 0 Å². The zero-order chi connectivity index (χ0) is 12.1. The molecule has 2 unspecified atom stereocenters. The molecule has 0 spiro atoms. The predicted octanol–water partition coefficient (Wildman–Crippen LogP) is 4.16. The van der Waals surface area contributed by atoms with Gasteiger partial charge in [-0.25, -0.2) is 0 Å². The van der Waals surface area contributed by atoms with Crippen molar-refractivity contribution in [3.05, 3.63) is 34.9 Å². The predicted molar refractivity (Wildman–Crippen MR) is 69.6 cm³/mol. The average Bonchev–Trinajstić information content (AvgIpc) is 2.17. The summed E-state index contributed by atoms with van der Waals surface area (Å²) in [5.74, 6) is 0.598. The van der Waals surface area contributed by atoms with Crippen molar-refractivity contribution in [1.29, 1.82) is 0 Å². The van der Waals surface area contributed by atoms with Crippen LogP contribution < -0.4 is 0 Å². The standard InChI is InChI=1S/C15H24O/c1-5-6-11(2)10-15(16)14-8-7-12(3)9-13(14)4/h7-9,11,15-16H,5-6,10H2,1-4H3. The number of hydrogen-bond acceptors (Lipinski definition) is 1. The third kappa shape index (κ3) is 3.64. The van der Waals surface area contributed by atoms with E-state index in [-0.39, 0.29) is 6.10 Å². The Labute approximate surface area is 99.5 Å². The van der Waals surface area contributed by atoms with Crippen molar-refractivity contribution in [2.24, 2.45) is 5.92 Å². The van der Waals surface area contributed by atoms with Gasteiger partial charge < -0.3 is 5.11 Å². The molecule has 0 aliphatic carbocycles. The Morgan fingerprint density at radius 2 is 1.94 bits per heavy atom. The zero-order valence-corrected chi connectivity index (χ0v) is 11.0. The number of rotatable bonds is 5. The molecule has 0 saturated heterocycles. The molecular weight excluding hydrogens is 196 g/mol. The molecular formula is C15H24O. The van der Waals surface area contributed by atoms with E-state index in [0.717, 1.165) is 12.0 Å². The fourth-order valence-corrected chi connectivity index (χ4v) is 2.32. The second-order valence-corrected chi connectivity index (χ2v) is 5.01. The summed E-state index contributed by atoms with van der Waals surface area (Å²) < 4.78 is 0. The maximum absolute atomic E-state index is 10.2. The minimum absolute atomic E-state index is 0.304. The largest absolute Gasteiger partial charge is 0.388 e. The molecule has 0 radical (unpaired) electrons. The lowest BCUT2D eigenvalue weighted by atomic mass is 9.92. The van der Waals surface area contributed by atoms with Gasteiger partial charge in [-0.3, -0.25) is 0 Å². The number of aliphatic hydroxyl groups excluding tert-OH is 1. The molecule has 0 heterocycles. The van der Waals surface area contributed by atoms with Gasteiger partial charge in [0.1, 0.15) is 0 Å². The molecule has 1 rings (SSSR count). The molecule has 0 amide bonds. The van der Waals surface area contributed by atoms with Crippen LogP contribution in [-0.4, -0.2) is 5.11 Å². The molecule has 0 fully saturated rings. The number of hydrogen-bond donors (Lipinski definition) is 1. The summed E-state index contributed by atoms with van der Waals surface area (Å²) in [4.78, 5) is 0. The van der Waals surface area contributed by atoms with Crippen LogP contribution in [0.1, 0.15) is 55.9 Å². The first-order valence-corrected chi connectivity index (χ1v) is 6.29. The van der Waals surface area contributed by atoms with E-state index in [1.807, 2.05) is 0 Å². The first kappa shape index (κ1) is 13.2. The molecule has 0 aromatic heterocycles. The van der Waals surface area contributed by atoms with E-state index in [1.165, 1.54) is 24.0 Å². The van der Waals surface area contributed by atoms with E-state index in [9.17, 15) is 5.11 Å². The van der Waals surface area contributed by atoms with Crippen LogP contribution in [0.4, 0.5) is 0 Å². The van der Waals surface area contributed by atoms with Crippen LogP contribution in [0.5, 0.6) is 0 Å². The van der Waals surface area contributed by atoms with Gasteiger partial charge in [-0.1, -0.05) is 50.5 Å². The summed E-state index contributed by atoms with van der Waals surface area (Å²) in [5.41, 5.74) is 3.56. The lowest BCUT2D eigenvalue weighted by Gasteiger charge is -2.18. The Kier molecular flexibility index (Phi) is 5.01. The van der Waals surface area contributed by atoms with Crippen LogP contribution >= 0.6 is 0 Å². The van der Waals surface area contributed by atoms with Crippen molar-refractivity contribution < 1.29 is 5.11 Å². The fourth-order valence-electron chi connectivity index (χ4n) is 2.32. The van der Waals surface area contributed by atoms with Crippen LogP contribution in [0.25, 0.3) is 0 Å². The second-order valence-electron chi connectivity index (χ2n) is 5.01. The van der Waals surface area contributed by atoms with Gasteiger partial charge in [-0.15, -0.1) is 0 Å². The highest BCUT2D eigenvalue weighted by molar-refractivity contribution is 5.31. The Balaban J connectivity index is 2.69. The lowest BCUT2D eigenvalue weighted by molar-refractivity contribution is 0.144. The minimum Gasteiger partial charge on any atom is -0.388 e. The summed E-state index contributed by atoms with van der Waals surface area (Å²) in [6.07, 6.45) is 2.96. The summed E-state index contributed by atoms with van der Waals surface area (Å²) in [6.45, 7) is 8.58. The van der Waals surface area contributed by atoms with Crippen LogP contribution in [0.3, 0.4) is 0 Å². The van der Waals surface area contributed by atoms with E-state index in [2.05, 4.69) is 45.9 Å². The summed E-state index contributed by atoms with van der Waals surface area (Å²) in [5, 5.41) is 10.2. The fraction of sp³-hybridized carbons (Fsp3) is 0.600. The minimum atomic E-state index is -0.304. The van der Waals surface area contributed by atoms with Crippen molar-refractivity contribution in [2.75, 3.05) is 0 Å². The quantitative estimate of drug-likeness (QED) is 0.790. The van der Waals surface area contributed by atoms with Crippen LogP contribution in [-0.2, 0) is 0 Å². The van der Waals surface area contributed by atoms with Crippen molar-refractivity contribution >= 4 is 0 Å². The summed E-state index contributed by atoms with van der Waals surface area (Å²) >= 11 is 0. The van der Waals surface area contributed by atoms with E-state index in [1.54, 1.807) is 0 Å². The molecule has 0 saturated carbocycles. The lowest BCUT2D eigenvalue weighted by Crippen LogP contribution is -2.06. The zero-order valence-electron chi connectivity index (χ0n) is 11.0. The third-order valence-corrected chi connectivity index (χ3v) is 3.19. The highest BCUT2D eigenvalue weighted by Gasteiger charge is 2.13. The normalized spacial score (nSPS) is 14.8. The summed E-state index contributed by atoms with van der Waals surface area (Å²) in [6, 6.07) is 6.28. The van der Waals surface area contributed by atoms with Gasteiger partial charge in [0.15, 0.2) is 0 Å². The van der Waals surface area contributed by atoms with Gasteiger partial charge >= 0.3 is 0 Å². The number of aliphatic hydroxyl groups is 1. The molecule has 90 valence electrons. The monoisotopic (exact) mass is 220 g/mol. The van der Waals surface area contributed by atoms with Crippen molar-refractivity contribution in [3.63, 3.8) is 0 Å². The Morgan fingerprint density at radius 1 is 1.25 bits per heavy atom.